The van der Waals surface area contributed by atoms with Crippen LogP contribution in [-0.4, -0.2) is 33.2 Å². The lowest BCUT2D eigenvalue weighted by Gasteiger charge is -2.11. The van der Waals surface area contributed by atoms with E-state index in [1.165, 1.54) is 0 Å². The molecular weight excluding hydrogens is 282 g/mol. The third-order valence-corrected chi connectivity index (χ3v) is 4.42. The van der Waals surface area contributed by atoms with E-state index in [0.29, 0.717) is 17.0 Å². The van der Waals surface area contributed by atoms with Crippen LogP contribution in [0.3, 0.4) is 0 Å². The van der Waals surface area contributed by atoms with Crippen LogP contribution in [0, 0.1) is 0 Å². The Balaban J connectivity index is 2.37. The van der Waals surface area contributed by atoms with E-state index in [2.05, 4.69) is 27.7 Å². The molecule has 0 aliphatic carbocycles. The Kier molecular flexibility index (Phi) is 4.93. The van der Waals surface area contributed by atoms with Crippen molar-refractivity contribution in [2.24, 2.45) is 0 Å². The molecule has 0 amide bonds. The maximum absolute atomic E-state index is 5.98. The number of alkyl halides is 1. The van der Waals surface area contributed by atoms with Gasteiger partial charge in [0.2, 0.25) is 5.88 Å². The van der Waals surface area contributed by atoms with Crippen LogP contribution < -0.4 is 4.74 Å². The van der Waals surface area contributed by atoms with E-state index in [1.807, 2.05) is 23.9 Å². The van der Waals surface area contributed by atoms with Gasteiger partial charge in [0, 0.05) is 17.9 Å². The van der Waals surface area contributed by atoms with Gasteiger partial charge in [0.05, 0.1) is 13.0 Å². The van der Waals surface area contributed by atoms with Gasteiger partial charge in [-0.25, -0.2) is 4.98 Å². The van der Waals surface area contributed by atoms with E-state index in [4.69, 9.17) is 16.3 Å². The molecule has 104 valence electrons. The van der Waals surface area contributed by atoms with Crippen LogP contribution >= 0.6 is 23.4 Å². The Morgan fingerprint density at radius 3 is 2.84 bits per heavy atom. The van der Waals surface area contributed by atoms with Crippen molar-refractivity contribution >= 4 is 34.5 Å². The average molecular weight is 300 g/mol. The second-order valence-corrected chi connectivity index (χ2v) is 5.89. The molecule has 2 heterocycles. The predicted octanol–water partition coefficient (Wildman–Crippen LogP) is 3.32. The normalized spacial score (nSPS) is 12.8. The van der Waals surface area contributed by atoms with Gasteiger partial charge in [-0.15, -0.1) is 11.6 Å². The Hall–Kier alpha value is -0.940. The first kappa shape index (κ1) is 14.5. The van der Waals surface area contributed by atoms with Crippen molar-refractivity contribution in [1.82, 2.24) is 14.5 Å². The lowest BCUT2D eigenvalue weighted by atomic mass is 10.3. The maximum Gasteiger partial charge on any atom is 0.215 e. The van der Waals surface area contributed by atoms with Crippen LogP contribution in [0.5, 0.6) is 5.88 Å². The minimum Gasteiger partial charge on any atom is -0.481 e. The molecule has 19 heavy (non-hydrogen) atoms. The predicted molar refractivity (Wildman–Crippen MR) is 81.2 cm³/mol. The smallest absolute Gasteiger partial charge is 0.215 e. The number of pyridine rings is 1. The standard InChI is InChI=1S/C13H18ClN3OS/c1-9(19-3)6-7-17-11(8-14)15-10-4-5-12(18-2)16-13(10)17/h4-5,9H,6-8H2,1-3H3. The first-order valence-electron chi connectivity index (χ1n) is 6.18. The molecule has 0 N–H and O–H groups in total. The highest BCUT2D eigenvalue weighted by Gasteiger charge is 2.13. The van der Waals surface area contributed by atoms with Gasteiger partial charge in [0.25, 0.3) is 0 Å². The summed E-state index contributed by atoms with van der Waals surface area (Å²) in [6, 6.07) is 3.74. The number of rotatable bonds is 6. The molecule has 2 aromatic rings. The summed E-state index contributed by atoms with van der Waals surface area (Å²) in [6.07, 6.45) is 3.19. The number of aryl methyl sites for hydroxylation is 1. The van der Waals surface area contributed by atoms with Gasteiger partial charge in [-0.1, -0.05) is 6.92 Å². The van der Waals surface area contributed by atoms with Gasteiger partial charge in [-0.2, -0.15) is 16.7 Å². The number of aromatic nitrogens is 3. The molecule has 1 unspecified atom stereocenters. The summed E-state index contributed by atoms with van der Waals surface area (Å²) in [5, 5.41) is 0.603. The number of imidazole rings is 1. The third-order valence-electron chi connectivity index (χ3n) is 3.14. The Morgan fingerprint density at radius 1 is 1.42 bits per heavy atom. The van der Waals surface area contributed by atoms with Crippen LogP contribution in [0.25, 0.3) is 11.2 Å². The molecule has 0 radical (unpaired) electrons. The fourth-order valence-electron chi connectivity index (χ4n) is 1.91. The summed E-state index contributed by atoms with van der Waals surface area (Å²) in [6.45, 7) is 3.10. The molecule has 6 heteroatoms. The first-order valence-corrected chi connectivity index (χ1v) is 8.00. The van der Waals surface area contributed by atoms with E-state index in [0.717, 1.165) is 30.0 Å². The monoisotopic (exact) mass is 299 g/mol. The average Bonchev–Trinajstić information content (AvgIpc) is 2.81. The first-order chi connectivity index (χ1) is 9.19. The van der Waals surface area contributed by atoms with E-state index >= 15 is 0 Å². The van der Waals surface area contributed by atoms with E-state index in [-0.39, 0.29) is 0 Å². The zero-order valence-corrected chi connectivity index (χ0v) is 13.0. The molecule has 0 aliphatic rings. The van der Waals surface area contributed by atoms with Crippen molar-refractivity contribution in [3.05, 3.63) is 18.0 Å². The summed E-state index contributed by atoms with van der Waals surface area (Å²) in [5.74, 6) is 1.87. The SMILES string of the molecule is COc1ccc2nc(CCl)n(CCC(C)SC)c2n1. The molecule has 1 atom stereocenters. The zero-order valence-electron chi connectivity index (χ0n) is 11.4. The zero-order chi connectivity index (χ0) is 13.8. The molecule has 0 aliphatic heterocycles. The van der Waals surface area contributed by atoms with Crippen molar-refractivity contribution in [2.75, 3.05) is 13.4 Å². The molecule has 0 spiro atoms. The number of fused-ring (bicyclic) bond motifs is 1. The van der Waals surface area contributed by atoms with Crippen molar-refractivity contribution in [1.29, 1.82) is 0 Å². The van der Waals surface area contributed by atoms with E-state index < -0.39 is 0 Å². The van der Waals surface area contributed by atoms with E-state index in [9.17, 15) is 0 Å². The lowest BCUT2D eigenvalue weighted by Crippen LogP contribution is -2.08. The summed E-state index contributed by atoms with van der Waals surface area (Å²) in [4.78, 5) is 9.00. The van der Waals surface area contributed by atoms with Crippen LogP contribution in [0.15, 0.2) is 12.1 Å². The molecule has 4 nitrogen and oxygen atoms in total. The number of hydrogen-bond acceptors (Lipinski definition) is 4. The summed E-state index contributed by atoms with van der Waals surface area (Å²) < 4.78 is 7.27. The van der Waals surface area contributed by atoms with Gasteiger partial charge >= 0.3 is 0 Å². The van der Waals surface area contributed by atoms with Crippen LogP contribution in [-0.2, 0) is 12.4 Å². The van der Waals surface area contributed by atoms with Gasteiger partial charge in [-0.05, 0) is 18.7 Å². The highest BCUT2D eigenvalue weighted by atomic mass is 35.5. The lowest BCUT2D eigenvalue weighted by molar-refractivity contribution is 0.399. The van der Waals surface area contributed by atoms with Gasteiger partial charge < -0.3 is 9.30 Å². The summed E-state index contributed by atoms with van der Waals surface area (Å²) in [5.41, 5.74) is 1.72. The van der Waals surface area contributed by atoms with Gasteiger partial charge in [-0.3, -0.25) is 0 Å². The molecule has 0 aromatic carbocycles. The number of methoxy groups -OCH3 is 1. The highest BCUT2D eigenvalue weighted by molar-refractivity contribution is 7.99. The fourth-order valence-corrected chi connectivity index (χ4v) is 2.46. The molecule has 2 rings (SSSR count). The second kappa shape index (κ2) is 6.48. The van der Waals surface area contributed by atoms with Gasteiger partial charge in [0.15, 0.2) is 5.65 Å². The number of thioether (sulfide) groups is 1. The second-order valence-electron chi connectivity index (χ2n) is 4.34. The maximum atomic E-state index is 5.98. The third kappa shape index (κ3) is 3.15. The Bertz CT molecular complexity index is 558. The van der Waals surface area contributed by atoms with Crippen LogP contribution in [0.1, 0.15) is 19.2 Å². The molecule has 2 aromatic heterocycles. The van der Waals surface area contributed by atoms with Gasteiger partial charge in [0.1, 0.15) is 11.3 Å². The van der Waals surface area contributed by atoms with E-state index in [1.54, 1.807) is 7.11 Å². The minimum atomic E-state index is 0.395. The highest BCUT2D eigenvalue weighted by Crippen LogP contribution is 2.21. The number of halogens is 1. The van der Waals surface area contributed by atoms with Crippen molar-refractivity contribution in [2.45, 2.75) is 31.0 Å². The largest absolute Gasteiger partial charge is 0.481 e. The molecule has 0 saturated heterocycles. The Morgan fingerprint density at radius 2 is 2.21 bits per heavy atom. The molecule has 0 bridgehead atoms. The number of ether oxygens (including phenoxy) is 1. The van der Waals surface area contributed by atoms with Crippen LogP contribution in [0.2, 0.25) is 0 Å². The van der Waals surface area contributed by atoms with Crippen molar-refractivity contribution < 1.29 is 4.74 Å². The quantitative estimate of drug-likeness (QED) is 0.767. The molecular formula is C13H18ClN3OS. The van der Waals surface area contributed by atoms with Crippen molar-refractivity contribution in [3.8, 4) is 5.88 Å². The Labute approximate surface area is 122 Å². The molecule has 0 saturated carbocycles. The molecule has 0 fully saturated rings. The van der Waals surface area contributed by atoms with Crippen molar-refractivity contribution in [3.63, 3.8) is 0 Å². The number of nitrogens with zero attached hydrogens (tertiary/aromatic N) is 3. The summed E-state index contributed by atoms with van der Waals surface area (Å²) >= 11 is 7.84. The number of hydrogen-bond donors (Lipinski definition) is 0. The van der Waals surface area contributed by atoms with Crippen LogP contribution in [0.4, 0.5) is 0 Å². The fraction of sp³-hybridized carbons (Fsp3) is 0.538. The topological polar surface area (TPSA) is 39.9 Å². The minimum absolute atomic E-state index is 0.395. The summed E-state index contributed by atoms with van der Waals surface area (Å²) in [7, 11) is 1.62.